The number of aryl methyl sites for hydroxylation is 3. The van der Waals surface area contributed by atoms with Crippen LogP contribution in [0.25, 0.3) is 5.65 Å². The molecule has 3 heterocycles. The summed E-state index contributed by atoms with van der Waals surface area (Å²) >= 11 is 1.84. The molecule has 3 rings (SSSR count). The normalized spacial score (nSPS) is 11.4. The van der Waals surface area contributed by atoms with Gasteiger partial charge in [-0.25, -0.2) is 9.97 Å². The van der Waals surface area contributed by atoms with E-state index in [0.29, 0.717) is 0 Å². The Morgan fingerprint density at radius 1 is 1.08 bits per heavy atom. The second-order valence-corrected chi connectivity index (χ2v) is 7.98. The third kappa shape index (κ3) is 4.09. The maximum absolute atomic E-state index is 6.00. The molecule has 0 spiro atoms. The highest BCUT2D eigenvalue weighted by molar-refractivity contribution is 7.11. The summed E-state index contributed by atoms with van der Waals surface area (Å²) < 4.78 is 8.17. The standard InChI is InChI=1S/C21H29N3OS/c1-5-7-8-13-25-18-11-9-12-24-17(15(3)23-21(18)24)14-20-22-16(4)19(26-20)10-6-2/h9,11-12H,5-8,10,13-14H2,1-4H3. The van der Waals surface area contributed by atoms with Gasteiger partial charge in [0, 0.05) is 17.5 Å². The van der Waals surface area contributed by atoms with Crippen molar-refractivity contribution in [1.29, 1.82) is 0 Å². The maximum atomic E-state index is 6.00. The van der Waals surface area contributed by atoms with Gasteiger partial charge in [-0.1, -0.05) is 33.1 Å². The van der Waals surface area contributed by atoms with Gasteiger partial charge in [-0.3, -0.25) is 0 Å². The highest BCUT2D eigenvalue weighted by Gasteiger charge is 2.15. The third-order valence-electron chi connectivity index (χ3n) is 4.65. The summed E-state index contributed by atoms with van der Waals surface area (Å²) in [6.07, 6.45) is 8.67. The zero-order valence-electron chi connectivity index (χ0n) is 16.3. The van der Waals surface area contributed by atoms with Gasteiger partial charge in [-0.2, -0.15) is 0 Å². The lowest BCUT2D eigenvalue weighted by molar-refractivity contribution is 0.308. The predicted octanol–water partition coefficient (Wildman–Crippen LogP) is 5.52. The van der Waals surface area contributed by atoms with Crippen LogP contribution in [0.5, 0.6) is 5.75 Å². The van der Waals surface area contributed by atoms with Crippen LogP contribution in [0.2, 0.25) is 0 Å². The smallest absolute Gasteiger partial charge is 0.180 e. The number of imidazole rings is 1. The number of unbranched alkanes of at least 4 members (excludes halogenated alkanes) is 2. The van der Waals surface area contributed by atoms with E-state index in [1.165, 1.54) is 34.1 Å². The monoisotopic (exact) mass is 371 g/mol. The molecule has 0 saturated carbocycles. The van der Waals surface area contributed by atoms with E-state index in [1.54, 1.807) is 0 Å². The van der Waals surface area contributed by atoms with Gasteiger partial charge < -0.3 is 9.14 Å². The van der Waals surface area contributed by atoms with Crippen LogP contribution in [0.1, 0.15) is 66.5 Å². The van der Waals surface area contributed by atoms with Gasteiger partial charge in [0.1, 0.15) is 0 Å². The van der Waals surface area contributed by atoms with E-state index in [0.717, 1.165) is 49.4 Å². The summed E-state index contributed by atoms with van der Waals surface area (Å²) in [5, 5.41) is 1.17. The third-order valence-corrected chi connectivity index (χ3v) is 5.87. The Bertz CT molecular complexity index is 866. The van der Waals surface area contributed by atoms with E-state index in [-0.39, 0.29) is 0 Å². The predicted molar refractivity (Wildman–Crippen MR) is 109 cm³/mol. The summed E-state index contributed by atoms with van der Waals surface area (Å²) in [5.41, 5.74) is 4.35. The lowest BCUT2D eigenvalue weighted by Crippen LogP contribution is -2.00. The Morgan fingerprint density at radius 3 is 2.69 bits per heavy atom. The molecular weight excluding hydrogens is 342 g/mol. The Balaban J connectivity index is 1.85. The summed E-state index contributed by atoms with van der Waals surface area (Å²) in [6, 6.07) is 4.06. The second-order valence-electron chi connectivity index (χ2n) is 6.81. The van der Waals surface area contributed by atoms with E-state index in [2.05, 4.69) is 38.3 Å². The van der Waals surface area contributed by atoms with Crippen molar-refractivity contribution in [2.75, 3.05) is 6.61 Å². The van der Waals surface area contributed by atoms with Crippen LogP contribution in [0.4, 0.5) is 0 Å². The van der Waals surface area contributed by atoms with Crippen molar-refractivity contribution >= 4 is 17.0 Å². The number of pyridine rings is 1. The largest absolute Gasteiger partial charge is 0.490 e. The van der Waals surface area contributed by atoms with Gasteiger partial charge in [0.25, 0.3) is 0 Å². The zero-order chi connectivity index (χ0) is 18.5. The summed E-state index contributed by atoms with van der Waals surface area (Å²) in [6.45, 7) is 9.37. The van der Waals surface area contributed by atoms with Crippen molar-refractivity contribution in [2.24, 2.45) is 0 Å². The SMILES string of the molecule is CCCCCOc1cccn2c(Cc3nc(C)c(CCC)s3)c(C)nc12. The first-order chi connectivity index (χ1) is 12.6. The van der Waals surface area contributed by atoms with E-state index in [4.69, 9.17) is 14.7 Å². The fourth-order valence-electron chi connectivity index (χ4n) is 3.23. The number of hydrogen-bond donors (Lipinski definition) is 0. The van der Waals surface area contributed by atoms with Crippen LogP contribution in [0.3, 0.4) is 0 Å². The molecule has 0 atom stereocenters. The van der Waals surface area contributed by atoms with Crippen LogP contribution >= 0.6 is 11.3 Å². The molecule has 0 fully saturated rings. The van der Waals surface area contributed by atoms with E-state index in [1.807, 2.05) is 23.5 Å². The molecule has 0 N–H and O–H groups in total. The number of fused-ring (bicyclic) bond motifs is 1. The minimum atomic E-state index is 0.751. The second kappa shape index (κ2) is 8.67. The Morgan fingerprint density at radius 2 is 1.92 bits per heavy atom. The highest BCUT2D eigenvalue weighted by atomic mass is 32.1. The number of aromatic nitrogens is 3. The first-order valence-electron chi connectivity index (χ1n) is 9.68. The minimum absolute atomic E-state index is 0.751. The van der Waals surface area contributed by atoms with Crippen molar-refractivity contribution in [3.8, 4) is 5.75 Å². The van der Waals surface area contributed by atoms with E-state index < -0.39 is 0 Å². The molecule has 0 bridgehead atoms. The van der Waals surface area contributed by atoms with Gasteiger partial charge in [0.15, 0.2) is 11.4 Å². The van der Waals surface area contributed by atoms with Crippen LogP contribution in [-0.4, -0.2) is 21.0 Å². The summed E-state index contributed by atoms with van der Waals surface area (Å²) in [7, 11) is 0. The average molecular weight is 372 g/mol. The molecule has 5 heteroatoms. The first kappa shape index (κ1) is 18.9. The molecular formula is C21H29N3OS. The van der Waals surface area contributed by atoms with Crippen LogP contribution in [0, 0.1) is 13.8 Å². The molecule has 0 aromatic carbocycles. The molecule has 0 unspecified atom stereocenters. The molecule has 0 saturated heterocycles. The lowest BCUT2D eigenvalue weighted by atomic mass is 10.2. The van der Waals surface area contributed by atoms with Gasteiger partial charge >= 0.3 is 0 Å². The average Bonchev–Trinajstić information content (AvgIpc) is 3.13. The molecule has 4 nitrogen and oxygen atoms in total. The van der Waals surface area contributed by atoms with Crippen molar-refractivity contribution in [3.63, 3.8) is 0 Å². The topological polar surface area (TPSA) is 39.4 Å². The minimum Gasteiger partial charge on any atom is -0.490 e. The molecule has 3 aromatic rings. The fourth-order valence-corrected chi connectivity index (χ4v) is 4.41. The number of nitrogens with zero attached hydrogens (tertiary/aromatic N) is 3. The Labute approximate surface area is 160 Å². The zero-order valence-corrected chi connectivity index (χ0v) is 17.2. The summed E-state index contributed by atoms with van der Waals surface area (Å²) in [4.78, 5) is 11.0. The van der Waals surface area contributed by atoms with Gasteiger partial charge in [0.2, 0.25) is 0 Å². The van der Waals surface area contributed by atoms with Crippen molar-refractivity contribution in [1.82, 2.24) is 14.4 Å². The summed E-state index contributed by atoms with van der Waals surface area (Å²) in [5.74, 6) is 0.875. The number of hydrogen-bond acceptors (Lipinski definition) is 4. The molecule has 0 aliphatic carbocycles. The molecule has 0 aliphatic heterocycles. The van der Waals surface area contributed by atoms with Crippen molar-refractivity contribution in [3.05, 3.63) is 45.3 Å². The molecule has 3 aromatic heterocycles. The highest BCUT2D eigenvalue weighted by Crippen LogP contribution is 2.26. The van der Waals surface area contributed by atoms with E-state index >= 15 is 0 Å². The number of thiazole rings is 1. The quantitative estimate of drug-likeness (QED) is 0.465. The van der Waals surface area contributed by atoms with Crippen LogP contribution in [-0.2, 0) is 12.8 Å². The van der Waals surface area contributed by atoms with Crippen LogP contribution in [0.15, 0.2) is 18.3 Å². The molecule has 0 amide bonds. The number of rotatable bonds is 9. The molecule has 0 radical (unpaired) electrons. The maximum Gasteiger partial charge on any atom is 0.180 e. The fraction of sp³-hybridized carbons (Fsp3) is 0.524. The lowest BCUT2D eigenvalue weighted by Gasteiger charge is -2.07. The Hall–Kier alpha value is -1.88. The van der Waals surface area contributed by atoms with Crippen molar-refractivity contribution < 1.29 is 4.74 Å². The molecule has 0 aliphatic rings. The van der Waals surface area contributed by atoms with E-state index in [9.17, 15) is 0 Å². The Kier molecular flexibility index (Phi) is 6.30. The van der Waals surface area contributed by atoms with Crippen molar-refractivity contribution in [2.45, 2.75) is 66.2 Å². The van der Waals surface area contributed by atoms with Crippen LogP contribution < -0.4 is 4.74 Å². The van der Waals surface area contributed by atoms with Gasteiger partial charge in [0.05, 0.1) is 28.7 Å². The molecule has 26 heavy (non-hydrogen) atoms. The molecule has 140 valence electrons. The van der Waals surface area contributed by atoms with Gasteiger partial charge in [-0.05, 0) is 38.8 Å². The number of ether oxygens (including phenoxy) is 1. The first-order valence-corrected chi connectivity index (χ1v) is 10.5. The van der Waals surface area contributed by atoms with Gasteiger partial charge in [-0.15, -0.1) is 11.3 Å².